The van der Waals surface area contributed by atoms with E-state index in [1.54, 1.807) is 6.26 Å². The van der Waals surface area contributed by atoms with Gasteiger partial charge in [0, 0.05) is 38.3 Å². The molecule has 0 aromatic heterocycles. The maximum absolute atomic E-state index is 12.3. The number of piperazine rings is 3. The van der Waals surface area contributed by atoms with Crippen molar-refractivity contribution in [2.24, 2.45) is 0 Å². The SMILES string of the molecule is O=C(C1=COCCC1)C1CN2CCN1CC2. The van der Waals surface area contributed by atoms with Crippen LogP contribution in [0.3, 0.4) is 0 Å². The van der Waals surface area contributed by atoms with Gasteiger partial charge in [-0.25, -0.2) is 0 Å². The fraction of sp³-hybridized carbons (Fsp3) is 0.750. The molecular formula is C12H18N2O2. The molecule has 1 unspecified atom stereocenters. The van der Waals surface area contributed by atoms with E-state index in [1.165, 1.54) is 0 Å². The van der Waals surface area contributed by atoms with Crippen LogP contribution in [0.1, 0.15) is 12.8 Å². The molecule has 3 fully saturated rings. The summed E-state index contributed by atoms with van der Waals surface area (Å²) in [7, 11) is 0. The zero-order chi connectivity index (χ0) is 11.0. The Balaban J connectivity index is 1.72. The fourth-order valence-corrected chi connectivity index (χ4v) is 2.83. The molecule has 0 N–H and O–H groups in total. The number of ether oxygens (including phenoxy) is 1. The summed E-state index contributed by atoms with van der Waals surface area (Å²) in [5.41, 5.74) is 0.894. The normalized spacial score (nSPS) is 37.8. The van der Waals surface area contributed by atoms with Crippen molar-refractivity contribution in [3.05, 3.63) is 11.8 Å². The second-order valence-corrected chi connectivity index (χ2v) is 4.83. The van der Waals surface area contributed by atoms with Crippen LogP contribution in [-0.4, -0.2) is 61.0 Å². The van der Waals surface area contributed by atoms with E-state index < -0.39 is 0 Å². The number of rotatable bonds is 2. The van der Waals surface area contributed by atoms with Gasteiger partial charge in [0.2, 0.25) is 0 Å². The first-order valence-electron chi connectivity index (χ1n) is 6.16. The Bertz CT molecular complexity index is 319. The Kier molecular flexibility index (Phi) is 2.69. The molecule has 0 saturated carbocycles. The summed E-state index contributed by atoms with van der Waals surface area (Å²) in [4.78, 5) is 17.1. The van der Waals surface area contributed by atoms with Gasteiger partial charge in [0.15, 0.2) is 5.78 Å². The van der Waals surface area contributed by atoms with Gasteiger partial charge in [-0.05, 0) is 12.8 Å². The number of Topliss-reactive ketones (excluding diaryl/α,β-unsaturated/α-hetero) is 1. The molecule has 0 aliphatic carbocycles. The van der Waals surface area contributed by atoms with E-state index in [-0.39, 0.29) is 6.04 Å². The second kappa shape index (κ2) is 4.18. The highest BCUT2D eigenvalue weighted by molar-refractivity contribution is 5.99. The lowest BCUT2D eigenvalue weighted by Gasteiger charge is -2.46. The minimum Gasteiger partial charge on any atom is -0.501 e. The van der Waals surface area contributed by atoms with Crippen molar-refractivity contribution >= 4 is 5.78 Å². The van der Waals surface area contributed by atoms with Crippen LogP contribution in [0.4, 0.5) is 0 Å². The molecule has 4 heteroatoms. The van der Waals surface area contributed by atoms with Crippen LogP contribution in [0.15, 0.2) is 11.8 Å². The van der Waals surface area contributed by atoms with E-state index in [0.717, 1.165) is 57.7 Å². The van der Waals surface area contributed by atoms with Gasteiger partial charge in [-0.2, -0.15) is 0 Å². The first-order valence-corrected chi connectivity index (χ1v) is 6.16. The van der Waals surface area contributed by atoms with Gasteiger partial charge in [-0.15, -0.1) is 0 Å². The van der Waals surface area contributed by atoms with Crippen LogP contribution in [0, 0.1) is 0 Å². The van der Waals surface area contributed by atoms with Gasteiger partial charge in [0.05, 0.1) is 18.9 Å². The standard InChI is InChI=1S/C12H18N2O2/c15-12(10-2-1-7-16-9-10)11-8-13-3-5-14(11)6-4-13/h9,11H,1-8H2. The van der Waals surface area contributed by atoms with E-state index in [1.807, 2.05) is 0 Å². The lowest BCUT2D eigenvalue weighted by Crippen LogP contribution is -2.63. The van der Waals surface area contributed by atoms with Crippen LogP contribution in [0.2, 0.25) is 0 Å². The maximum Gasteiger partial charge on any atom is 0.180 e. The number of nitrogens with zero attached hydrogens (tertiary/aromatic N) is 2. The number of carbonyl (C=O) groups excluding carboxylic acids is 1. The van der Waals surface area contributed by atoms with E-state index in [2.05, 4.69) is 9.80 Å². The molecule has 88 valence electrons. The smallest absolute Gasteiger partial charge is 0.180 e. The Morgan fingerprint density at radius 3 is 2.69 bits per heavy atom. The van der Waals surface area contributed by atoms with Gasteiger partial charge in [0.1, 0.15) is 0 Å². The Labute approximate surface area is 95.8 Å². The number of hydrogen-bond acceptors (Lipinski definition) is 4. The van der Waals surface area contributed by atoms with Crippen molar-refractivity contribution in [2.75, 3.05) is 39.3 Å². The third-order valence-corrected chi connectivity index (χ3v) is 3.83. The number of fused-ring (bicyclic) bond motifs is 3. The first-order chi connectivity index (χ1) is 7.84. The lowest BCUT2D eigenvalue weighted by atomic mass is 9.95. The number of ketones is 1. The number of hydrogen-bond donors (Lipinski definition) is 0. The van der Waals surface area contributed by atoms with Crippen molar-refractivity contribution in [3.8, 4) is 0 Å². The molecule has 2 bridgehead atoms. The molecule has 4 nitrogen and oxygen atoms in total. The average molecular weight is 222 g/mol. The van der Waals surface area contributed by atoms with Crippen molar-refractivity contribution in [1.82, 2.24) is 9.80 Å². The molecule has 0 amide bonds. The second-order valence-electron chi connectivity index (χ2n) is 4.83. The molecule has 1 atom stereocenters. The Morgan fingerprint density at radius 2 is 2.12 bits per heavy atom. The highest BCUT2D eigenvalue weighted by Gasteiger charge is 2.37. The summed E-state index contributed by atoms with van der Waals surface area (Å²) in [6.45, 7) is 6.02. The Hall–Kier alpha value is -0.870. The molecule has 0 spiro atoms. The monoisotopic (exact) mass is 222 g/mol. The molecule has 4 aliphatic heterocycles. The molecular weight excluding hydrogens is 204 g/mol. The largest absolute Gasteiger partial charge is 0.501 e. The maximum atomic E-state index is 12.3. The molecule has 0 aromatic rings. The van der Waals surface area contributed by atoms with E-state index in [0.29, 0.717) is 5.78 Å². The lowest BCUT2D eigenvalue weighted by molar-refractivity contribution is -0.126. The zero-order valence-electron chi connectivity index (χ0n) is 9.52. The average Bonchev–Trinajstić information content (AvgIpc) is 2.40. The van der Waals surface area contributed by atoms with Crippen molar-refractivity contribution < 1.29 is 9.53 Å². The molecule has 4 aliphatic rings. The summed E-state index contributed by atoms with van der Waals surface area (Å²) in [5.74, 6) is 0.295. The van der Waals surface area contributed by atoms with Crippen LogP contribution >= 0.6 is 0 Å². The molecule has 0 aromatic carbocycles. The van der Waals surface area contributed by atoms with Crippen LogP contribution < -0.4 is 0 Å². The van der Waals surface area contributed by atoms with E-state index in [4.69, 9.17) is 4.74 Å². The van der Waals surface area contributed by atoms with Crippen molar-refractivity contribution in [3.63, 3.8) is 0 Å². The molecule has 3 saturated heterocycles. The minimum atomic E-state index is 0.0930. The molecule has 4 heterocycles. The fourth-order valence-electron chi connectivity index (χ4n) is 2.83. The number of carbonyl (C=O) groups is 1. The van der Waals surface area contributed by atoms with Crippen molar-refractivity contribution in [2.45, 2.75) is 18.9 Å². The van der Waals surface area contributed by atoms with E-state index in [9.17, 15) is 4.79 Å². The molecule has 16 heavy (non-hydrogen) atoms. The third kappa shape index (κ3) is 1.76. The summed E-state index contributed by atoms with van der Waals surface area (Å²) in [5, 5.41) is 0. The van der Waals surface area contributed by atoms with Crippen LogP contribution in [0.25, 0.3) is 0 Å². The summed E-state index contributed by atoms with van der Waals surface area (Å²) >= 11 is 0. The summed E-state index contributed by atoms with van der Waals surface area (Å²) in [6, 6.07) is 0.0930. The predicted molar refractivity (Wildman–Crippen MR) is 60.1 cm³/mol. The third-order valence-electron chi connectivity index (χ3n) is 3.83. The van der Waals surface area contributed by atoms with Gasteiger partial charge in [0.25, 0.3) is 0 Å². The highest BCUT2D eigenvalue weighted by atomic mass is 16.5. The Morgan fingerprint density at radius 1 is 1.31 bits per heavy atom. The van der Waals surface area contributed by atoms with Gasteiger partial charge >= 0.3 is 0 Å². The topological polar surface area (TPSA) is 32.8 Å². The quantitative estimate of drug-likeness (QED) is 0.670. The first kappa shape index (κ1) is 10.3. The molecule has 4 rings (SSSR count). The summed E-state index contributed by atoms with van der Waals surface area (Å²) in [6.07, 6.45) is 3.56. The van der Waals surface area contributed by atoms with Crippen molar-refractivity contribution in [1.29, 1.82) is 0 Å². The van der Waals surface area contributed by atoms with E-state index >= 15 is 0 Å². The molecule has 0 radical (unpaired) electrons. The predicted octanol–water partition coefficient (Wildman–Crippen LogP) is 0.250. The van der Waals surface area contributed by atoms with Crippen LogP contribution in [-0.2, 0) is 9.53 Å². The zero-order valence-corrected chi connectivity index (χ0v) is 9.52. The highest BCUT2D eigenvalue weighted by Crippen LogP contribution is 2.22. The van der Waals surface area contributed by atoms with Crippen LogP contribution in [0.5, 0.6) is 0 Å². The van der Waals surface area contributed by atoms with Gasteiger partial charge < -0.3 is 4.74 Å². The van der Waals surface area contributed by atoms with Gasteiger partial charge in [-0.3, -0.25) is 14.6 Å². The minimum absolute atomic E-state index is 0.0930. The summed E-state index contributed by atoms with van der Waals surface area (Å²) < 4.78 is 5.26. The van der Waals surface area contributed by atoms with Gasteiger partial charge in [-0.1, -0.05) is 0 Å².